The maximum Gasteiger partial charge on any atom is 0.318 e. The van der Waals surface area contributed by atoms with Gasteiger partial charge in [0, 0.05) is 43.5 Å². The van der Waals surface area contributed by atoms with Crippen molar-refractivity contribution in [3.63, 3.8) is 0 Å². The summed E-state index contributed by atoms with van der Waals surface area (Å²) < 4.78 is 16.6. The van der Waals surface area contributed by atoms with E-state index >= 15 is 0 Å². The average molecular weight is 435 g/mol. The summed E-state index contributed by atoms with van der Waals surface area (Å²) in [6, 6.07) is 15.6. The molecule has 0 amide bonds. The molecular formula is C23H26N6O3. The highest BCUT2D eigenvalue weighted by Gasteiger charge is 2.15. The molecule has 32 heavy (non-hydrogen) atoms. The number of nitrogens with zero attached hydrogens (tertiary/aromatic N) is 5. The maximum atomic E-state index is 5.86. The highest BCUT2D eigenvalue weighted by atomic mass is 16.5. The predicted octanol–water partition coefficient (Wildman–Crippen LogP) is 2.78. The van der Waals surface area contributed by atoms with Gasteiger partial charge in [-0.2, -0.15) is 15.1 Å². The lowest BCUT2D eigenvalue weighted by atomic mass is 10.3. The number of benzene rings is 1. The van der Waals surface area contributed by atoms with Gasteiger partial charge in [-0.25, -0.2) is 0 Å². The normalized spacial score (nSPS) is 13.8. The smallest absolute Gasteiger partial charge is 0.318 e. The molecule has 3 aromatic rings. The maximum absolute atomic E-state index is 5.86. The van der Waals surface area contributed by atoms with E-state index in [0.717, 1.165) is 36.0 Å². The van der Waals surface area contributed by atoms with E-state index < -0.39 is 0 Å². The zero-order valence-electron chi connectivity index (χ0n) is 18.0. The summed E-state index contributed by atoms with van der Waals surface area (Å²) in [7, 11) is 1.63. The predicted molar refractivity (Wildman–Crippen MR) is 123 cm³/mol. The summed E-state index contributed by atoms with van der Waals surface area (Å²) in [6.07, 6.45) is 4.10. The van der Waals surface area contributed by atoms with Gasteiger partial charge in [-0.3, -0.25) is 10.4 Å². The van der Waals surface area contributed by atoms with Gasteiger partial charge in [0.2, 0.25) is 0 Å². The number of rotatable bonds is 9. The average Bonchev–Trinajstić information content (AvgIpc) is 2.85. The van der Waals surface area contributed by atoms with Gasteiger partial charge in [0.05, 0.1) is 44.5 Å². The molecule has 0 atom stereocenters. The first kappa shape index (κ1) is 21.5. The Hall–Kier alpha value is -3.72. The second kappa shape index (κ2) is 11.1. The molecule has 3 heterocycles. The van der Waals surface area contributed by atoms with Gasteiger partial charge in [-0.05, 0) is 24.3 Å². The number of aromatic nitrogens is 3. The first-order valence-corrected chi connectivity index (χ1v) is 10.5. The van der Waals surface area contributed by atoms with E-state index in [2.05, 4.69) is 30.4 Å². The van der Waals surface area contributed by atoms with Crippen LogP contribution in [0.2, 0.25) is 0 Å². The van der Waals surface area contributed by atoms with Crippen LogP contribution in [-0.2, 0) is 11.2 Å². The zero-order chi connectivity index (χ0) is 22.0. The molecule has 0 spiro atoms. The van der Waals surface area contributed by atoms with Crippen molar-refractivity contribution in [1.82, 2.24) is 15.0 Å². The Morgan fingerprint density at radius 3 is 2.84 bits per heavy atom. The van der Waals surface area contributed by atoms with Crippen LogP contribution in [0.3, 0.4) is 0 Å². The van der Waals surface area contributed by atoms with Gasteiger partial charge in [-0.1, -0.05) is 12.1 Å². The van der Waals surface area contributed by atoms with Crippen LogP contribution >= 0.6 is 0 Å². The monoisotopic (exact) mass is 434 g/mol. The third-order valence-corrected chi connectivity index (χ3v) is 4.82. The van der Waals surface area contributed by atoms with E-state index in [1.807, 2.05) is 48.5 Å². The minimum absolute atomic E-state index is 0.313. The van der Waals surface area contributed by atoms with E-state index in [0.29, 0.717) is 37.9 Å². The van der Waals surface area contributed by atoms with E-state index in [4.69, 9.17) is 14.2 Å². The minimum Gasteiger partial charge on any atom is -0.497 e. The first-order chi connectivity index (χ1) is 15.8. The number of morpholine rings is 1. The van der Waals surface area contributed by atoms with Crippen LogP contribution in [0.1, 0.15) is 11.4 Å². The second-order valence-electron chi connectivity index (χ2n) is 7.05. The van der Waals surface area contributed by atoms with Crippen molar-refractivity contribution < 1.29 is 14.2 Å². The summed E-state index contributed by atoms with van der Waals surface area (Å²) in [5.74, 6) is 1.55. The Bertz CT molecular complexity index is 1030. The lowest BCUT2D eigenvalue weighted by molar-refractivity contribution is 0.122. The third-order valence-electron chi connectivity index (χ3n) is 4.82. The highest BCUT2D eigenvalue weighted by Crippen LogP contribution is 2.18. The lowest BCUT2D eigenvalue weighted by Crippen LogP contribution is -2.37. The molecule has 1 fully saturated rings. The number of anilines is 2. The molecular weight excluding hydrogens is 408 g/mol. The van der Waals surface area contributed by atoms with Gasteiger partial charge >= 0.3 is 6.01 Å². The van der Waals surface area contributed by atoms with E-state index in [1.165, 1.54) is 0 Å². The first-order valence-electron chi connectivity index (χ1n) is 10.5. The summed E-state index contributed by atoms with van der Waals surface area (Å²) in [4.78, 5) is 15.6. The third kappa shape index (κ3) is 6.14. The van der Waals surface area contributed by atoms with Crippen molar-refractivity contribution in [2.45, 2.75) is 6.42 Å². The van der Waals surface area contributed by atoms with Crippen LogP contribution in [0.4, 0.5) is 11.5 Å². The van der Waals surface area contributed by atoms with Crippen molar-refractivity contribution in [3.8, 4) is 11.8 Å². The van der Waals surface area contributed by atoms with Gasteiger partial charge in [0.1, 0.15) is 11.6 Å². The molecule has 9 heteroatoms. The molecule has 0 aliphatic carbocycles. The summed E-state index contributed by atoms with van der Waals surface area (Å²) >= 11 is 0. The van der Waals surface area contributed by atoms with Crippen molar-refractivity contribution in [2.75, 3.05) is 50.3 Å². The number of nitrogens with one attached hydrogen (secondary N) is 1. The molecule has 0 bridgehead atoms. The van der Waals surface area contributed by atoms with E-state index in [-0.39, 0.29) is 0 Å². The molecule has 166 valence electrons. The Balaban J connectivity index is 1.47. The van der Waals surface area contributed by atoms with Crippen LogP contribution in [-0.4, -0.2) is 61.2 Å². The number of ether oxygens (including phenoxy) is 3. The SMILES string of the molecule is COc1cccc(N/N=C/c2cc(N3CCOCC3)nc(OCCc3ccccn3)n2)c1. The largest absolute Gasteiger partial charge is 0.497 e. The number of methoxy groups -OCH3 is 1. The van der Waals surface area contributed by atoms with Crippen LogP contribution in [0.15, 0.2) is 59.8 Å². The van der Waals surface area contributed by atoms with Crippen molar-refractivity contribution in [2.24, 2.45) is 5.10 Å². The second-order valence-corrected chi connectivity index (χ2v) is 7.05. The molecule has 2 aromatic heterocycles. The van der Waals surface area contributed by atoms with Crippen LogP contribution in [0.5, 0.6) is 11.8 Å². The summed E-state index contributed by atoms with van der Waals surface area (Å²) in [5, 5.41) is 4.31. The standard InChI is InChI=1S/C23H26N6O3/c1-30-21-7-4-6-19(15-21)28-25-17-20-16-22(29-10-13-31-14-11-29)27-23(26-20)32-12-8-18-5-2-3-9-24-18/h2-7,9,15-17,28H,8,10-14H2,1H3/b25-17+. The van der Waals surface area contributed by atoms with Crippen molar-refractivity contribution in [3.05, 3.63) is 66.1 Å². The fourth-order valence-corrected chi connectivity index (χ4v) is 3.17. The number of hydrogen-bond donors (Lipinski definition) is 1. The fourth-order valence-electron chi connectivity index (χ4n) is 3.17. The zero-order valence-corrected chi connectivity index (χ0v) is 18.0. The molecule has 1 N–H and O–H groups in total. The van der Waals surface area contributed by atoms with Crippen molar-refractivity contribution >= 4 is 17.7 Å². The summed E-state index contributed by atoms with van der Waals surface area (Å²) in [6.45, 7) is 3.30. The van der Waals surface area contributed by atoms with Gasteiger partial charge in [-0.15, -0.1) is 0 Å². The topological polar surface area (TPSA) is 94.0 Å². The summed E-state index contributed by atoms with van der Waals surface area (Å²) in [5.41, 5.74) is 5.41. The van der Waals surface area contributed by atoms with Gasteiger partial charge in [0.15, 0.2) is 0 Å². The van der Waals surface area contributed by atoms with Crippen LogP contribution < -0.4 is 19.8 Å². The van der Waals surface area contributed by atoms with Crippen LogP contribution in [0, 0.1) is 0 Å². The number of hydrazone groups is 1. The number of hydrogen-bond acceptors (Lipinski definition) is 9. The molecule has 4 rings (SSSR count). The molecule has 1 aliphatic rings. The van der Waals surface area contributed by atoms with E-state index in [9.17, 15) is 0 Å². The minimum atomic E-state index is 0.313. The number of pyridine rings is 1. The van der Waals surface area contributed by atoms with Gasteiger partial charge in [0.25, 0.3) is 0 Å². The molecule has 0 unspecified atom stereocenters. The van der Waals surface area contributed by atoms with Gasteiger partial charge < -0.3 is 19.1 Å². The molecule has 1 saturated heterocycles. The molecule has 0 saturated carbocycles. The fraction of sp³-hybridized carbons (Fsp3) is 0.304. The Labute approximate surface area is 187 Å². The van der Waals surface area contributed by atoms with Crippen molar-refractivity contribution in [1.29, 1.82) is 0 Å². The quantitative estimate of drug-likeness (QED) is 0.406. The molecule has 9 nitrogen and oxygen atoms in total. The highest BCUT2D eigenvalue weighted by molar-refractivity contribution is 5.79. The molecule has 0 radical (unpaired) electrons. The Morgan fingerprint density at radius 2 is 2.03 bits per heavy atom. The Kier molecular flexibility index (Phi) is 7.43. The van der Waals surface area contributed by atoms with E-state index in [1.54, 1.807) is 19.5 Å². The lowest BCUT2D eigenvalue weighted by Gasteiger charge is -2.28. The molecule has 1 aromatic carbocycles. The molecule has 1 aliphatic heterocycles. The Morgan fingerprint density at radius 1 is 1.12 bits per heavy atom. The van der Waals surface area contributed by atoms with Crippen LogP contribution in [0.25, 0.3) is 0 Å².